The molecule has 1 rings (SSSR count). The Kier molecular flexibility index (Phi) is 4.78. The maximum absolute atomic E-state index is 10.6. The lowest BCUT2D eigenvalue weighted by Crippen LogP contribution is -2.25. The van der Waals surface area contributed by atoms with E-state index in [1.165, 1.54) is 6.07 Å². The number of nitriles is 1. The fourth-order valence-electron chi connectivity index (χ4n) is 1.49. The quantitative estimate of drug-likeness (QED) is 0.597. The van der Waals surface area contributed by atoms with Crippen molar-refractivity contribution in [2.75, 3.05) is 18.5 Å². The SMILES string of the molecule is CC(C)(CCO)CNc1ncc([N+](=O)[O-])cc1C#N. The van der Waals surface area contributed by atoms with Gasteiger partial charge in [0, 0.05) is 19.2 Å². The van der Waals surface area contributed by atoms with E-state index in [1.807, 2.05) is 19.9 Å². The number of nitro groups is 1. The largest absolute Gasteiger partial charge is 0.396 e. The van der Waals surface area contributed by atoms with E-state index < -0.39 is 4.92 Å². The topological polar surface area (TPSA) is 112 Å². The van der Waals surface area contributed by atoms with Crippen molar-refractivity contribution < 1.29 is 10.0 Å². The van der Waals surface area contributed by atoms with E-state index in [-0.39, 0.29) is 23.3 Å². The van der Waals surface area contributed by atoms with Gasteiger partial charge in [0.1, 0.15) is 23.6 Å². The van der Waals surface area contributed by atoms with Crippen LogP contribution < -0.4 is 5.32 Å². The molecular weight excluding hydrogens is 248 g/mol. The molecule has 102 valence electrons. The molecular formula is C12H16N4O3. The lowest BCUT2D eigenvalue weighted by Gasteiger charge is -2.24. The second kappa shape index (κ2) is 6.11. The molecule has 0 saturated carbocycles. The predicted molar refractivity (Wildman–Crippen MR) is 69.6 cm³/mol. The van der Waals surface area contributed by atoms with Crippen molar-refractivity contribution in [3.63, 3.8) is 0 Å². The molecule has 7 nitrogen and oxygen atoms in total. The zero-order chi connectivity index (χ0) is 14.5. The van der Waals surface area contributed by atoms with Gasteiger partial charge >= 0.3 is 0 Å². The van der Waals surface area contributed by atoms with Crippen LogP contribution in [-0.2, 0) is 0 Å². The van der Waals surface area contributed by atoms with Crippen LogP contribution in [0, 0.1) is 26.9 Å². The summed E-state index contributed by atoms with van der Waals surface area (Å²) < 4.78 is 0. The highest BCUT2D eigenvalue weighted by Gasteiger charge is 2.19. The molecule has 0 fully saturated rings. The molecule has 0 amide bonds. The molecule has 0 bridgehead atoms. The van der Waals surface area contributed by atoms with Crippen LogP contribution in [-0.4, -0.2) is 28.2 Å². The standard InChI is InChI=1S/C12H16N4O3/c1-12(2,3-4-17)8-15-11-9(6-13)5-10(7-14-11)16(18)19/h5,7,17H,3-4,8H2,1-2H3,(H,14,15). The lowest BCUT2D eigenvalue weighted by atomic mass is 9.90. The smallest absolute Gasteiger partial charge is 0.289 e. The van der Waals surface area contributed by atoms with E-state index in [1.54, 1.807) is 0 Å². The molecule has 1 aromatic rings. The number of nitrogens with zero attached hydrogens (tertiary/aromatic N) is 3. The fourth-order valence-corrected chi connectivity index (χ4v) is 1.49. The van der Waals surface area contributed by atoms with E-state index in [0.717, 1.165) is 6.20 Å². The second-order valence-electron chi connectivity index (χ2n) is 4.95. The Hall–Kier alpha value is -2.20. The zero-order valence-corrected chi connectivity index (χ0v) is 10.9. The molecule has 0 unspecified atom stereocenters. The molecule has 0 aliphatic heterocycles. The Bertz CT molecular complexity index is 508. The molecule has 0 spiro atoms. The Balaban J connectivity index is 2.85. The Morgan fingerprint density at radius 1 is 1.63 bits per heavy atom. The van der Waals surface area contributed by atoms with E-state index in [0.29, 0.717) is 18.8 Å². The molecule has 0 saturated heterocycles. The first-order valence-electron chi connectivity index (χ1n) is 5.79. The summed E-state index contributed by atoms with van der Waals surface area (Å²) in [6, 6.07) is 3.07. The van der Waals surface area contributed by atoms with Crippen LogP contribution in [0.3, 0.4) is 0 Å². The molecule has 0 aromatic carbocycles. The van der Waals surface area contributed by atoms with Crippen molar-refractivity contribution in [3.05, 3.63) is 27.9 Å². The molecule has 19 heavy (non-hydrogen) atoms. The van der Waals surface area contributed by atoms with E-state index in [4.69, 9.17) is 10.4 Å². The van der Waals surface area contributed by atoms with Crippen molar-refractivity contribution in [3.8, 4) is 6.07 Å². The average molecular weight is 264 g/mol. The molecule has 1 heterocycles. The number of hydrogen-bond acceptors (Lipinski definition) is 6. The predicted octanol–water partition coefficient (Wildman–Crippen LogP) is 1.68. The first-order valence-corrected chi connectivity index (χ1v) is 5.79. The molecule has 0 aliphatic rings. The van der Waals surface area contributed by atoms with Gasteiger partial charge in [-0.25, -0.2) is 4.98 Å². The minimum atomic E-state index is -0.590. The summed E-state index contributed by atoms with van der Waals surface area (Å²) in [6.45, 7) is 4.52. The molecule has 7 heteroatoms. The molecule has 0 aliphatic carbocycles. The van der Waals surface area contributed by atoms with Crippen LogP contribution in [0.15, 0.2) is 12.3 Å². The molecule has 0 atom stereocenters. The Labute approximate surface area is 111 Å². The number of hydrogen-bond donors (Lipinski definition) is 2. The van der Waals surface area contributed by atoms with Crippen LogP contribution in [0.5, 0.6) is 0 Å². The van der Waals surface area contributed by atoms with Crippen LogP contribution >= 0.6 is 0 Å². The second-order valence-corrected chi connectivity index (χ2v) is 4.95. The number of pyridine rings is 1. The van der Waals surface area contributed by atoms with Gasteiger partial charge in [-0.05, 0) is 11.8 Å². The number of aromatic nitrogens is 1. The number of anilines is 1. The monoisotopic (exact) mass is 264 g/mol. The summed E-state index contributed by atoms with van der Waals surface area (Å²) in [6.07, 6.45) is 1.72. The van der Waals surface area contributed by atoms with Gasteiger partial charge in [-0.3, -0.25) is 10.1 Å². The average Bonchev–Trinajstić information content (AvgIpc) is 2.36. The van der Waals surface area contributed by atoms with Crippen molar-refractivity contribution in [2.45, 2.75) is 20.3 Å². The number of rotatable bonds is 6. The third-order valence-corrected chi connectivity index (χ3v) is 2.73. The highest BCUT2D eigenvalue weighted by atomic mass is 16.6. The number of aliphatic hydroxyl groups is 1. The van der Waals surface area contributed by atoms with E-state index in [9.17, 15) is 10.1 Å². The van der Waals surface area contributed by atoms with Gasteiger partial charge in [-0.1, -0.05) is 13.8 Å². The molecule has 0 radical (unpaired) electrons. The van der Waals surface area contributed by atoms with Crippen LogP contribution in [0.25, 0.3) is 0 Å². The van der Waals surface area contributed by atoms with Crippen molar-refractivity contribution in [1.82, 2.24) is 4.98 Å². The summed E-state index contributed by atoms with van der Waals surface area (Å²) in [5.74, 6) is 0.319. The van der Waals surface area contributed by atoms with Gasteiger partial charge in [0.25, 0.3) is 5.69 Å². The van der Waals surface area contributed by atoms with Gasteiger partial charge in [0.05, 0.1) is 4.92 Å². The van der Waals surface area contributed by atoms with Crippen LogP contribution in [0.1, 0.15) is 25.8 Å². The third kappa shape index (κ3) is 4.19. The Morgan fingerprint density at radius 2 is 2.32 bits per heavy atom. The van der Waals surface area contributed by atoms with Crippen LogP contribution in [0.4, 0.5) is 11.5 Å². The van der Waals surface area contributed by atoms with Gasteiger partial charge in [-0.2, -0.15) is 5.26 Å². The first kappa shape index (κ1) is 14.9. The summed E-state index contributed by atoms with van der Waals surface area (Å²) in [5.41, 5.74) is -0.240. The third-order valence-electron chi connectivity index (χ3n) is 2.73. The van der Waals surface area contributed by atoms with Gasteiger partial charge in [0.15, 0.2) is 0 Å². The number of nitrogens with one attached hydrogen (secondary N) is 1. The highest BCUT2D eigenvalue weighted by Crippen LogP contribution is 2.23. The Morgan fingerprint density at radius 3 is 2.84 bits per heavy atom. The van der Waals surface area contributed by atoms with Gasteiger partial charge in [-0.15, -0.1) is 0 Å². The lowest BCUT2D eigenvalue weighted by molar-refractivity contribution is -0.385. The maximum atomic E-state index is 10.6. The highest BCUT2D eigenvalue weighted by molar-refractivity contribution is 5.55. The number of aliphatic hydroxyl groups excluding tert-OH is 1. The van der Waals surface area contributed by atoms with Gasteiger partial charge in [0.2, 0.25) is 0 Å². The first-order chi connectivity index (χ1) is 8.89. The van der Waals surface area contributed by atoms with E-state index >= 15 is 0 Å². The minimum absolute atomic E-state index is 0.0769. The maximum Gasteiger partial charge on any atom is 0.289 e. The summed E-state index contributed by atoms with van der Waals surface area (Å²) in [5, 5.41) is 31.5. The minimum Gasteiger partial charge on any atom is -0.396 e. The zero-order valence-electron chi connectivity index (χ0n) is 10.9. The van der Waals surface area contributed by atoms with Crippen molar-refractivity contribution in [1.29, 1.82) is 5.26 Å². The van der Waals surface area contributed by atoms with Gasteiger partial charge < -0.3 is 10.4 Å². The summed E-state index contributed by atoms with van der Waals surface area (Å²) in [4.78, 5) is 13.9. The summed E-state index contributed by atoms with van der Waals surface area (Å²) in [7, 11) is 0. The van der Waals surface area contributed by atoms with Crippen molar-refractivity contribution in [2.24, 2.45) is 5.41 Å². The fraction of sp³-hybridized carbons (Fsp3) is 0.500. The van der Waals surface area contributed by atoms with Crippen LogP contribution in [0.2, 0.25) is 0 Å². The molecule has 2 N–H and O–H groups in total. The van der Waals surface area contributed by atoms with Crippen molar-refractivity contribution >= 4 is 11.5 Å². The molecule has 1 aromatic heterocycles. The normalized spacial score (nSPS) is 10.8. The summed E-state index contributed by atoms with van der Waals surface area (Å²) >= 11 is 0. The van der Waals surface area contributed by atoms with E-state index in [2.05, 4.69) is 10.3 Å².